The van der Waals surface area contributed by atoms with Crippen LogP contribution in [0.15, 0.2) is 42.5 Å². The van der Waals surface area contributed by atoms with E-state index >= 15 is 0 Å². The zero-order valence-corrected chi connectivity index (χ0v) is 20.3. The van der Waals surface area contributed by atoms with Crippen LogP contribution in [0.1, 0.15) is 40.9 Å². The third-order valence-corrected chi connectivity index (χ3v) is 6.77. The zero-order chi connectivity index (χ0) is 24.2. The van der Waals surface area contributed by atoms with Gasteiger partial charge in [0.25, 0.3) is 5.91 Å². The monoisotopic (exact) mass is 452 g/mol. The van der Waals surface area contributed by atoms with Crippen molar-refractivity contribution in [1.29, 1.82) is 0 Å². The number of piperazine rings is 1. The quantitative estimate of drug-likeness (QED) is 0.562. The third kappa shape index (κ3) is 4.75. The van der Waals surface area contributed by atoms with E-state index in [2.05, 4.69) is 47.6 Å². The summed E-state index contributed by atoms with van der Waals surface area (Å²) in [6.45, 7) is 10.7. The summed E-state index contributed by atoms with van der Waals surface area (Å²) in [5.74, 6) is -0.375. The van der Waals surface area contributed by atoms with E-state index in [0.717, 1.165) is 18.7 Å². The van der Waals surface area contributed by atoms with Gasteiger partial charge in [-0.05, 0) is 55.6 Å². The van der Waals surface area contributed by atoms with Crippen LogP contribution in [0.5, 0.6) is 0 Å². The maximum Gasteiger partial charge on any atom is 0.253 e. The third-order valence-electron chi connectivity index (χ3n) is 6.77. The average Bonchev–Trinajstić information content (AvgIpc) is 2.80. The Morgan fingerprint density at radius 2 is 1.58 bits per heavy atom. The van der Waals surface area contributed by atoms with Gasteiger partial charge in [-0.15, -0.1) is 0 Å². The summed E-state index contributed by atoms with van der Waals surface area (Å²) in [6.07, 6.45) is 0. The fraction of sp³-hybridized carbons (Fsp3) is 0.462. The average molecular weight is 453 g/mol. The summed E-state index contributed by atoms with van der Waals surface area (Å²) in [6, 6.07) is 13.6. The van der Waals surface area contributed by atoms with Crippen LogP contribution < -0.4 is 15.5 Å². The highest BCUT2D eigenvalue weighted by Gasteiger charge is 2.41. The number of hydrogen-bond acceptors (Lipinski definition) is 5. The molecule has 2 aromatic carbocycles. The van der Waals surface area contributed by atoms with Crippen LogP contribution in [0.25, 0.3) is 0 Å². The molecule has 0 saturated carbocycles. The molecule has 33 heavy (non-hydrogen) atoms. The number of hydrogen-bond donors (Lipinski definition) is 3. The molecule has 0 unspecified atom stereocenters. The maximum atomic E-state index is 13.2. The Bertz CT molecular complexity index is 961. The van der Waals surface area contributed by atoms with E-state index in [9.17, 15) is 14.7 Å². The van der Waals surface area contributed by atoms with E-state index in [0.29, 0.717) is 18.7 Å². The number of carbonyl (C=O) groups is 2. The lowest BCUT2D eigenvalue weighted by Gasteiger charge is -2.38. The Hall–Kier alpha value is -2.90. The van der Waals surface area contributed by atoms with E-state index < -0.39 is 12.3 Å². The number of benzene rings is 2. The summed E-state index contributed by atoms with van der Waals surface area (Å²) >= 11 is 0. The number of para-hydroxylation sites is 1. The minimum Gasteiger partial charge on any atom is -0.376 e. The molecule has 0 aliphatic carbocycles. The fourth-order valence-electron chi connectivity index (χ4n) is 4.98. The van der Waals surface area contributed by atoms with Crippen molar-refractivity contribution in [3.05, 3.63) is 64.7 Å². The second-order valence-electron chi connectivity index (χ2n) is 8.97. The minimum absolute atomic E-state index is 0.00196. The van der Waals surface area contributed by atoms with Crippen molar-refractivity contribution in [3.63, 3.8) is 0 Å². The Morgan fingerprint density at radius 3 is 2.06 bits per heavy atom. The number of aliphatic hydroxyl groups excluding tert-OH is 1. The maximum absolute atomic E-state index is 13.2. The summed E-state index contributed by atoms with van der Waals surface area (Å²) in [4.78, 5) is 30.2. The molecule has 0 spiro atoms. The molecule has 7 heteroatoms. The zero-order valence-electron chi connectivity index (χ0n) is 20.3. The first-order valence-electron chi connectivity index (χ1n) is 11.5. The molecule has 0 aromatic heterocycles. The van der Waals surface area contributed by atoms with Crippen LogP contribution in [-0.4, -0.2) is 61.8 Å². The number of aliphatic hydroxyl groups is 1. The lowest BCUT2D eigenvalue weighted by atomic mass is 9.78. The van der Waals surface area contributed by atoms with Gasteiger partial charge in [0.1, 0.15) is 12.3 Å². The van der Waals surface area contributed by atoms with Gasteiger partial charge in [-0.1, -0.05) is 44.2 Å². The first-order chi connectivity index (χ1) is 15.8. The second-order valence-corrected chi connectivity index (χ2v) is 8.97. The molecular weight excluding hydrogens is 416 g/mol. The molecule has 0 radical (unpaired) electrons. The summed E-state index contributed by atoms with van der Waals surface area (Å²) in [5, 5.41) is 14.8. The molecule has 178 valence electrons. The highest BCUT2D eigenvalue weighted by atomic mass is 16.3. The summed E-state index contributed by atoms with van der Waals surface area (Å²) < 4.78 is 0. The van der Waals surface area contributed by atoms with Gasteiger partial charge in [-0.3, -0.25) is 9.59 Å². The lowest BCUT2D eigenvalue weighted by molar-refractivity contribution is -0.131. The van der Waals surface area contributed by atoms with E-state index in [-0.39, 0.29) is 17.7 Å². The van der Waals surface area contributed by atoms with Crippen molar-refractivity contribution in [3.8, 4) is 0 Å². The Morgan fingerprint density at radius 1 is 1.00 bits per heavy atom. The standard InChI is InChI=1S/C26H36N4O3/c1-18(2)26(27-5,25(33)28-17-31)22-11-9-21(10-12-22)24(32)30-15-13-29(14-16-30)23-19(3)7-6-8-20(23)4/h6-12,18,27,31H,13-17H2,1-5H3,(H,28,33)/t26-/m1/s1. The van der Waals surface area contributed by atoms with E-state index in [1.54, 1.807) is 19.2 Å². The molecule has 1 atom stereocenters. The molecule has 2 aromatic rings. The Kier molecular flexibility index (Phi) is 7.76. The molecular formula is C26H36N4O3. The smallest absolute Gasteiger partial charge is 0.253 e. The Balaban J connectivity index is 1.74. The molecule has 1 aliphatic rings. The molecule has 3 rings (SSSR count). The van der Waals surface area contributed by atoms with Crippen LogP contribution in [0.3, 0.4) is 0 Å². The summed E-state index contributed by atoms with van der Waals surface area (Å²) in [5.41, 5.74) is 4.15. The highest BCUT2D eigenvalue weighted by Crippen LogP contribution is 2.31. The van der Waals surface area contributed by atoms with Crippen LogP contribution in [0.4, 0.5) is 5.69 Å². The van der Waals surface area contributed by atoms with E-state index in [1.165, 1.54) is 16.8 Å². The normalized spacial score (nSPS) is 16.0. The highest BCUT2D eigenvalue weighted by molar-refractivity contribution is 5.95. The largest absolute Gasteiger partial charge is 0.376 e. The molecule has 1 aliphatic heterocycles. The van der Waals surface area contributed by atoms with Gasteiger partial charge in [0.05, 0.1) is 0 Å². The number of amides is 2. The second kappa shape index (κ2) is 10.4. The van der Waals surface area contributed by atoms with Crippen molar-refractivity contribution in [2.45, 2.75) is 33.2 Å². The minimum atomic E-state index is -0.999. The van der Waals surface area contributed by atoms with Gasteiger partial charge in [-0.2, -0.15) is 0 Å². The first kappa shape index (κ1) is 24.7. The van der Waals surface area contributed by atoms with E-state index in [4.69, 9.17) is 0 Å². The Labute approximate surface area is 196 Å². The number of nitrogens with one attached hydrogen (secondary N) is 2. The lowest BCUT2D eigenvalue weighted by Crippen LogP contribution is -2.56. The number of carbonyl (C=O) groups excluding carboxylic acids is 2. The topological polar surface area (TPSA) is 84.9 Å². The van der Waals surface area contributed by atoms with Crippen LogP contribution in [0, 0.1) is 19.8 Å². The predicted octanol–water partition coefficient (Wildman–Crippen LogP) is 2.40. The number of nitrogens with zero attached hydrogens (tertiary/aromatic N) is 2. The SMILES string of the molecule is CN[C@@](C(=O)NCO)(c1ccc(C(=O)N2CCN(c3c(C)cccc3C)CC2)cc1)C(C)C. The predicted molar refractivity (Wildman–Crippen MR) is 131 cm³/mol. The molecule has 1 fully saturated rings. The molecule has 3 N–H and O–H groups in total. The number of aryl methyl sites for hydroxylation is 2. The van der Waals surface area contributed by atoms with Gasteiger partial charge in [0.15, 0.2) is 0 Å². The molecule has 2 amide bonds. The number of anilines is 1. The van der Waals surface area contributed by atoms with Crippen LogP contribution >= 0.6 is 0 Å². The van der Waals surface area contributed by atoms with Crippen molar-refractivity contribution in [2.75, 3.05) is 44.9 Å². The van der Waals surface area contributed by atoms with E-state index in [1.807, 2.05) is 30.9 Å². The number of rotatable bonds is 7. The van der Waals surface area contributed by atoms with Gasteiger partial charge in [0, 0.05) is 37.4 Å². The molecule has 0 bridgehead atoms. The van der Waals surface area contributed by atoms with Crippen molar-refractivity contribution in [1.82, 2.24) is 15.5 Å². The molecule has 1 heterocycles. The van der Waals surface area contributed by atoms with Gasteiger partial charge in [-0.25, -0.2) is 0 Å². The van der Waals surface area contributed by atoms with Crippen molar-refractivity contribution in [2.24, 2.45) is 5.92 Å². The first-order valence-corrected chi connectivity index (χ1v) is 11.5. The molecule has 1 saturated heterocycles. The fourth-order valence-corrected chi connectivity index (χ4v) is 4.98. The van der Waals surface area contributed by atoms with Gasteiger partial charge >= 0.3 is 0 Å². The summed E-state index contributed by atoms with van der Waals surface area (Å²) in [7, 11) is 1.73. The van der Waals surface area contributed by atoms with Gasteiger partial charge in [0.2, 0.25) is 5.91 Å². The van der Waals surface area contributed by atoms with Crippen LogP contribution in [-0.2, 0) is 10.3 Å². The molecule has 7 nitrogen and oxygen atoms in total. The van der Waals surface area contributed by atoms with Crippen molar-refractivity contribution >= 4 is 17.5 Å². The van der Waals surface area contributed by atoms with Gasteiger partial charge < -0.3 is 25.5 Å². The number of likely N-dealkylation sites (N-methyl/N-ethyl adjacent to an activating group) is 1. The van der Waals surface area contributed by atoms with Crippen molar-refractivity contribution < 1.29 is 14.7 Å². The van der Waals surface area contributed by atoms with Crippen LogP contribution in [0.2, 0.25) is 0 Å².